The van der Waals surface area contributed by atoms with Gasteiger partial charge in [0.1, 0.15) is 16.3 Å². The molecule has 28 heavy (non-hydrogen) atoms. The van der Waals surface area contributed by atoms with Crippen LogP contribution in [-0.4, -0.2) is 25.3 Å². The van der Waals surface area contributed by atoms with Gasteiger partial charge in [-0.25, -0.2) is 8.42 Å². The Hall–Kier alpha value is -2.80. The van der Waals surface area contributed by atoms with E-state index in [1.165, 1.54) is 0 Å². The Morgan fingerprint density at radius 2 is 1.82 bits per heavy atom. The van der Waals surface area contributed by atoms with Crippen molar-refractivity contribution in [3.05, 3.63) is 60.8 Å². The Morgan fingerprint density at radius 3 is 2.54 bits per heavy atom. The van der Waals surface area contributed by atoms with Crippen LogP contribution in [0.5, 0.6) is 5.75 Å². The van der Waals surface area contributed by atoms with Gasteiger partial charge < -0.3 is 4.74 Å². The predicted molar refractivity (Wildman–Crippen MR) is 109 cm³/mol. The first-order valence-electron chi connectivity index (χ1n) is 9.38. The molecule has 7 heteroatoms. The highest BCUT2D eigenvalue weighted by Gasteiger charge is 2.27. The summed E-state index contributed by atoms with van der Waals surface area (Å²) in [4.78, 5) is 0.188. The van der Waals surface area contributed by atoms with Crippen molar-refractivity contribution in [2.75, 3.05) is 11.8 Å². The summed E-state index contributed by atoms with van der Waals surface area (Å²) in [6.07, 6.45) is 6.02. The quantitative estimate of drug-likeness (QED) is 0.666. The molecule has 0 unspecified atom stereocenters. The summed E-state index contributed by atoms with van der Waals surface area (Å²) < 4.78 is 36.1. The van der Waals surface area contributed by atoms with Gasteiger partial charge in [0.2, 0.25) is 0 Å². The Bertz CT molecular complexity index is 1060. The minimum Gasteiger partial charge on any atom is -0.497 e. The molecule has 146 valence electrons. The van der Waals surface area contributed by atoms with Crippen molar-refractivity contribution in [2.45, 2.75) is 36.6 Å². The molecule has 0 aliphatic heterocycles. The number of nitrogens with one attached hydrogen (secondary N) is 1. The Balaban J connectivity index is 1.75. The molecule has 1 fully saturated rings. The van der Waals surface area contributed by atoms with E-state index in [9.17, 15) is 8.42 Å². The van der Waals surface area contributed by atoms with Crippen molar-refractivity contribution in [3.8, 4) is 17.0 Å². The molecule has 1 aliphatic carbocycles. The maximum absolute atomic E-state index is 13.2. The van der Waals surface area contributed by atoms with Crippen molar-refractivity contribution < 1.29 is 13.2 Å². The molecule has 0 atom stereocenters. The van der Waals surface area contributed by atoms with Gasteiger partial charge in [-0.2, -0.15) is 5.10 Å². The van der Waals surface area contributed by atoms with Crippen molar-refractivity contribution in [2.24, 2.45) is 0 Å². The van der Waals surface area contributed by atoms with E-state index in [0.29, 0.717) is 17.1 Å². The van der Waals surface area contributed by atoms with Gasteiger partial charge in [-0.05, 0) is 25.0 Å². The maximum Gasteiger partial charge on any atom is 0.265 e. The summed E-state index contributed by atoms with van der Waals surface area (Å²) in [5.41, 5.74) is 1.71. The number of ether oxygens (including phenoxy) is 1. The van der Waals surface area contributed by atoms with Crippen LogP contribution in [0.15, 0.2) is 65.7 Å². The highest BCUT2D eigenvalue weighted by molar-refractivity contribution is 7.92. The molecule has 6 nitrogen and oxygen atoms in total. The molecule has 0 saturated heterocycles. The predicted octanol–water partition coefficient (Wildman–Crippen LogP) is 4.47. The molecule has 1 heterocycles. The van der Waals surface area contributed by atoms with E-state index in [1.54, 1.807) is 37.6 Å². The molecule has 0 amide bonds. The molecule has 2 aromatic carbocycles. The number of anilines is 1. The summed E-state index contributed by atoms with van der Waals surface area (Å²) in [5.74, 6) is 0.588. The van der Waals surface area contributed by atoms with Crippen molar-refractivity contribution in [1.82, 2.24) is 9.78 Å². The van der Waals surface area contributed by atoms with E-state index in [-0.39, 0.29) is 10.9 Å². The van der Waals surface area contributed by atoms with Gasteiger partial charge in [-0.3, -0.25) is 9.40 Å². The summed E-state index contributed by atoms with van der Waals surface area (Å²) in [6, 6.07) is 16.6. The molecule has 1 aromatic heterocycles. The Kier molecular flexibility index (Phi) is 5.09. The zero-order valence-electron chi connectivity index (χ0n) is 15.7. The number of aromatic nitrogens is 2. The number of nitrogens with zero attached hydrogens (tertiary/aromatic N) is 2. The lowest BCUT2D eigenvalue weighted by atomic mass is 10.2. The number of hydrogen-bond acceptors (Lipinski definition) is 4. The Labute approximate surface area is 165 Å². The summed E-state index contributed by atoms with van der Waals surface area (Å²) in [5, 5.41) is 4.68. The van der Waals surface area contributed by atoms with Gasteiger partial charge in [0, 0.05) is 17.8 Å². The number of hydrogen-bond donors (Lipinski definition) is 1. The van der Waals surface area contributed by atoms with Gasteiger partial charge in [0.25, 0.3) is 10.0 Å². The van der Waals surface area contributed by atoms with Crippen LogP contribution in [0.4, 0.5) is 5.69 Å². The topological polar surface area (TPSA) is 73.2 Å². The van der Waals surface area contributed by atoms with Crippen LogP contribution in [0.1, 0.15) is 31.7 Å². The molecule has 4 rings (SSSR count). The first-order valence-corrected chi connectivity index (χ1v) is 10.9. The molecular formula is C21H23N3O3S. The molecule has 1 aliphatic rings. The largest absolute Gasteiger partial charge is 0.497 e. The zero-order chi connectivity index (χ0) is 19.6. The molecule has 1 saturated carbocycles. The molecular weight excluding hydrogens is 374 g/mol. The Morgan fingerprint density at radius 1 is 1.07 bits per heavy atom. The second-order valence-electron chi connectivity index (χ2n) is 6.96. The average molecular weight is 398 g/mol. The van der Waals surface area contributed by atoms with Crippen molar-refractivity contribution in [3.63, 3.8) is 0 Å². The third kappa shape index (κ3) is 3.75. The summed E-state index contributed by atoms with van der Waals surface area (Å²) >= 11 is 0. The fourth-order valence-corrected chi connectivity index (χ4v) is 4.83. The molecule has 0 radical (unpaired) electrons. The highest BCUT2D eigenvalue weighted by atomic mass is 32.2. The lowest BCUT2D eigenvalue weighted by Crippen LogP contribution is -2.13. The maximum atomic E-state index is 13.2. The third-order valence-electron chi connectivity index (χ3n) is 5.06. The van der Waals surface area contributed by atoms with E-state index < -0.39 is 10.0 Å². The van der Waals surface area contributed by atoms with Crippen LogP contribution in [0.3, 0.4) is 0 Å². The molecule has 3 aromatic rings. The highest BCUT2D eigenvalue weighted by Crippen LogP contribution is 2.34. The van der Waals surface area contributed by atoms with Crippen LogP contribution < -0.4 is 9.46 Å². The summed E-state index contributed by atoms with van der Waals surface area (Å²) in [7, 11) is -2.27. The van der Waals surface area contributed by atoms with Gasteiger partial charge >= 0.3 is 0 Å². The normalized spacial score (nSPS) is 14.9. The van der Waals surface area contributed by atoms with E-state index in [1.807, 2.05) is 35.0 Å². The minimum absolute atomic E-state index is 0.188. The summed E-state index contributed by atoms with van der Waals surface area (Å²) in [6.45, 7) is 0. The van der Waals surface area contributed by atoms with E-state index in [0.717, 1.165) is 31.2 Å². The van der Waals surface area contributed by atoms with E-state index in [4.69, 9.17) is 4.74 Å². The monoisotopic (exact) mass is 397 g/mol. The van der Waals surface area contributed by atoms with Crippen LogP contribution >= 0.6 is 0 Å². The molecule has 1 N–H and O–H groups in total. The van der Waals surface area contributed by atoms with Crippen LogP contribution in [-0.2, 0) is 10.0 Å². The lowest BCUT2D eigenvalue weighted by Gasteiger charge is -2.09. The lowest BCUT2D eigenvalue weighted by molar-refractivity contribution is 0.415. The van der Waals surface area contributed by atoms with Crippen LogP contribution in [0.25, 0.3) is 11.3 Å². The first-order chi connectivity index (χ1) is 13.6. The average Bonchev–Trinajstić information content (AvgIpc) is 3.38. The first kappa shape index (κ1) is 18.6. The standard InChI is InChI=1S/C21H23N3O3S/c1-27-19-13-7-10-17(14-19)23-28(25,26)20-15-24(18-11-5-6-12-18)22-21(20)16-8-3-2-4-9-16/h2-4,7-10,13-15,18,23H,5-6,11-12H2,1H3. The molecule has 0 bridgehead atoms. The number of benzene rings is 2. The fourth-order valence-electron chi connectivity index (χ4n) is 3.62. The second-order valence-corrected chi connectivity index (χ2v) is 8.61. The van der Waals surface area contributed by atoms with E-state index >= 15 is 0 Å². The van der Waals surface area contributed by atoms with Crippen molar-refractivity contribution >= 4 is 15.7 Å². The number of rotatable bonds is 6. The minimum atomic E-state index is -3.81. The third-order valence-corrected chi connectivity index (χ3v) is 6.44. The fraction of sp³-hybridized carbons (Fsp3) is 0.286. The van der Waals surface area contributed by atoms with Gasteiger partial charge in [-0.15, -0.1) is 0 Å². The van der Waals surface area contributed by atoms with Crippen LogP contribution in [0, 0.1) is 0 Å². The van der Waals surface area contributed by atoms with E-state index in [2.05, 4.69) is 9.82 Å². The van der Waals surface area contributed by atoms with Gasteiger partial charge in [-0.1, -0.05) is 49.2 Å². The smallest absolute Gasteiger partial charge is 0.265 e. The van der Waals surface area contributed by atoms with Gasteiger partial charge in [0.05, 0.1) is 18.8 Å². The molecule has 0 spiro atoms. The SMILES string of the molecule is COc1cccc(NS(=O)(=O)c2cn(C3CCCC3)nc2-c2ccccc2)c1. The number of sulfonamides is 1. The van der Waals surface area contributed by atoms with Crippen molar-refractivity contribution in [1.29, 1.82) is 0 Å². The second kappa shape index (κ2) is 7.67. The van der Waals surface area contributed by atoms with Gasteiger partial charge in [0.15, 0.2) is 0 Å². The zero-order valence-corrected chi connectivity index (χ0v) is 16.5. The number of methoxy groups -OCH3 is 1. The van der Waals surface area contributed by atoms with Crippen LogP contribution in [0.2, 0.25) is 0 Å².